The lowest BCUT2D eigenvalue weighted by atomic mass is 9.78. The lowest BCUT2D eigenvalue weighted by Gasteiger charge is -2.42. The summed E-state index contributed by atoms with van der Waals surface area (Å²) in [5.74, 6) is -0.156. The number of hydrazine groups is 1. The van der Waals surface area contributed by atoms with Gasteiger partial charge in [-0.05, 0) is 88.2 Å². The fraction of sp³-hybridized carbons (Fsp3) is 0.667. The number of nitrogens with zero attached hydrogens (tertiary/aromatic N) is 1. The van der Waals surface area contributed by atoms with Crippen molar-refractivity contribution in [3.63, 3.8) is 0 Å². The zero-order chi connectivity index (χ0) is 34.1. The molecule has 2 aliphatic heterocycles. The molecule has 2 heterocycles. The molecule has 3 amide bonds. The maximum absolute atomic E-state index is 13.8. The first-order valence-corrected chi connectivity index (χ1v) is 18.2. The van der Waals surface area contributed by atoms with Gasteiger partial charge in [0.05, 0.1) is 11.2 Å². The summed E-state index contributed by atoms with van der Waals surface area (Å²) in [4.78, 5) is 38.8. The third-order valence-corrected chi connectivity index (χ3v) is 15.0. The van der Waals surface area contributed by atoms with Crippen molar-refractivity contribution in [1.29, 1.82) is 0 Å². The predicted molar refractivity (Wildman–Crippen MR) is 179 cm³/mol. The van der Waals surface area contributed by atoms with Gasteiger partial charge in [0, 0.05) is 19.0 Å². The van der Waals surface area contributed by atoms with Gasteiger partial charge < -0.3 is 23.8 Å². The highest BCUT2D eigenvalue weighted by atomic mass is 28.4. The minimum atomic E-state index is -2.36. The molecule has 1 fully saturated rings. The second-order valence-corrected chi connectivity index (χ2v) is 20.5. The fourth-order valence-electron chi connectivity index (χ4n) is 6.20. The average Bonchev–Trinajstić information content (AvgIpc) is 3.11. The largest absolute Gasteiger partial charge is 0.543 e. The Labute approximate surface area is 271 Å². The van der Waals surface area contributed by atoms with E-state index in [1.54, 1.807) is 26.8 Å². The van der Waals surface area contributed by atoms with Gasteiger partial charge in [0.2, 0.25) is 5.91 Å². The van der Waals surface area contributed by atoms with Crippen LogP contribution in [0.5, 0.6) is 5.75 Å². The molecule has 12 heteroatoms. The lowest BCUT2D eigenvalue weighted by Crippen LogP contribution is -2.54. The molecule has 1 aromatic carbocycles. The van der Waals surface area contributed by atoms with Crippen LogP contribution < -0.4 is 20.6 Å². The van der Waals surface area contributed by atoms with Gasteiger partial charge in [-0.1, -0.05) is 53.7 Å². The number of amides is 3. The molecule has 0 unspecified atom stereocenters. The molecular formula is C33H54BN3O7Si. The topological polar surface area (TPSA) is 115 Å². The zero-order valence-corrected chi connectivity index (χ0v) is 30.5. The van der Waals surface area contributed by atoms with Crippen molar-refractivity contribution in [2.24, 2.45) is 0 Å². The van der Waals surface area contributed by atoms with E-state index in [2.05, 4.69) is 52.3 Å². The summed E-state index contributed by atoms with van der Waals surface area (Å²) in [6.45, 7) is 26.6. The summed E-state index contributed by atoms with van der Waals surface area (Å²) in [6, 6.07) is 4.78. The van der Waals surface area contributed by atoms with Crippen molar-refractivity contribution in [3.05, 3.63) is 36.0 Å². The van der Waals surface area contributed by atoms with Gasteiger partial charge in [-0.2, -0.15) is 0 Å². The molecule has 0 aromatic heterocycles. The highest BCUT2D eigenvalue weighted by Crippen LogP contribution is 2.43. The second kappa shape index (κ2) is 13.5. The minimum absolute atomic E-state index is 0.0988. The Balaban J connectivity index is 2.11. The van der Waals surface area contributed by atoms with Crippen molar-refractivity contribution < 1.29 is 32.9 Å². The normalized spacial score (nSPS) is 18.8. The molecule has 3 rings (SSSR count). The van der Waals surface area contributed by atoms with Crippen LogP contribution in [0.15, 0.2) is 30.5 Å². The third-order valence-electron chi connectivity index (χ3n) is 8.98. The van der Waals surface area contributed by atoms with E-state index in [1.165, 1.54) is 6.20 Å². The molecule has 45 heavy (non-hydrogen) atoms. The van der Waals surface area contributed by atoms with E-state index in [0.717, 1.165) is 16.0 Å². The monoisotopic (exact) mass is 643 g/mol. The van der Waals surface area contributed by atoms with Crippen LogP contribution in [0.25, 0.3) is 0 Å². The van der Waals surface area contributed by atoms with Crippen molar-refractivity contribution in [1.82, 2.24) is 15.8 Å². The Morgan fingerprint density at radius 3 is 2.04 bits per heavy atom. The Hall–Kier alpha value is -2.83. The first-order chi connectivity index (χ1) is 20.6. The highest BCUT2D eigenvalue weighted by molar-refractivity contribution is 6.78. The van der Waals surface area contributed by atoms with E-state index < -0.39 is 50.3 Å². The lowest BCUT2D eigenvalue weighted by molar-refractivity contribution is -0.140. The molecule has 0 saturated carbocycles. The number of nitrogens with one attached hydrogen (secondary N) is 2. The molecule has 2 aliphatic rings. The Morgan fingerprint density at radius 1 is 1.00 bits per heavy atom. The van der Waals surface area contributed by atoms with Gasteiger partial charge in [-0.3, -0.25) is 15.0 Å². The predicted octanol–water partition coefficient (Wildman–Crippen LogP) is 5.75. The van der Waals surface area contributed by atoms with Gasteiger partial charge >= 0.3 is 13.2 Å². The maximum Gasteiger partial charge on any atom is 0.494 e. The summed E-state index contributed by atoms with van der Waals surface area (Å²) >= 11 is 0. The van der Waals surface area contributed by atoms with Gasteiger partial charge in [-0.25, -0.2) is 9.80 Å². The maximum atomic E-state index is 13.8. The fourth-order valence-corrected chi connectivity index (χ4v) is 11.4. The van der Waals surface area contributed by atoms with Crippen LogP contribution in [0.1, 0.15) is 102 Å². The molecule has 1 aromatic rings. The van der Waals surface area contributed by atoms with Crippen molar-refractivity contribution in [2.45, 2.75) is 142 Å². The Kier molecular flexibility index (Phi) is 11.0. The smallest absolute Gasteiger partial charge is 0.494 e. The highest BCUT2D eigenvalue weighted by Gasteiger charge is 2.52. The SMILES string of the molecule is CC(C)[Si](Oc1cc(C[C@H](NC(=O)OC(C)(C)C)C(=O)N2C=CCC(=O)N2)cc(B2OC(C)(C)C(C)(C)O2)c1)(C(C)C)C(C)C. The molecule has 10 nitrogen and oxygen atoms in total. The number of benzene rings is 1. The van der Waals surface area contributed by atoms with Crippen LogP contribution in [0, 0.1) is 0 Å². The molecule has 0 radical (unpaired) electrons. The van der Waals surface area contributed by atoms with E-state index in [4.69, 9.17) is 18.5 Å². The molecule has 2 N–H and O–H groups in total. The van der Waals surface area contributed by atoms with E-state index in [1.807, 2.05) is 45.9 Å². The van der Waals surface area contributed by atoms with Crippen LogP contribution in [-0.2, 0) is 30.1 Å². The zero-order valence-electron chi connectivity index (χ0n) is 29.5. The molecule has 0 aliphatic carbocycles. The Bertz CT molecular complexity index is 1250. The summed E-state index contributed by atoms with van der Waals surface area (Å²) in [5.41, 5.74) is 3.17. The van der Waals surface area contributed by atoms with E-state index in [9.17, 15) is 14.4 Å². The standard InChI is InChI=1S/C33H54BN3O7Si/c1-21(2)45(22(3)4,23(5)6)42-26-18-24(17-25(20-26)34-43-32(10,11)33(12,13)44-34)19-27(35-30(40)41-31(7,8)9)29(39)37-16-14-15-28(38)36-37/h14,16-18,20-23,27H,15,19H2,1-13H3,(H,35,40)(H,36,38)/t27-/m0/s1. The Morgan fingerprint density at radius 2 is 1.56 bits per heavy atom. The number of hydrogen-bond acceptors (Lipinski definition) is 7. The number of rotatable bonds is 10. The quantitative estimate of drug-likeness (QED) is 0.312. The van der Waals surface area contributed by atoms with Crippen molar-refractivity contribution >= 4 is 38.8 Å². The molecule has 1 saturated heterocycles. The third kappa shape index (κ3) is 8.51. The number of hydrogen-bond donors (Lipinski definition) is 2. The summed E-state index contributed by atoms with van der Waals surface area (Å²) in [5, 5.41) is 3.85. The van der Waals surface area contributed by atoms with E-state index in [0.29, 0.717) is 22.4 Å². The van der Waals surface area contributed by atoms with Crippen LogP contribution in [0.4, 0.5) is 4.79 Å². The number of ether oxygens (including phenoxy) is 1. The first kappa shape index (κ1) is 36.6. The summed E-state index contributed by atoms with van der Waals surface area (Å²) in [6.07, 6.45) is 2.62. The van der Waals surface area contributed by atoms with Gasteiger partial charge in [0.25, 0.3) is 14.2 Å². The van der Waals surface area contributed by atoms with E-state index >= 15 is 0 Å². The number of alkyl carbamates (subject to hydrolysis) is 1. The molecule has 0 spiro atoms. The number of carbonyl (C=O) groups is 3. The first-order valence-electron chi connectivity index (χ1n) is 16.0. The molecule has 1 atom stereocenters. The van der Waals surface area contributed by atoms with Crippen LogP contribution in [0.2, 0.25) is 16.6 Å². The second-order valence-electron chi connectivity index (χ2n) is 15.2. The number of carbonyl (C=O) groups excluding carboxylic acids is 3. The molecule has 0 bridgehead atoms. The van der Waals surface area contributed by atoms with Crippen molar-refractivity contribution in [3.8, 4) is 5.75 Å². The minimum Gasteiger partial charge on any atom is -0.543 e. The van der Waals surface area contributed by atoms with E-state index in [-0.39, 0.29) is 18.7 Å². The van der Waals surface area contributed by atoms with Gasteiger partial charge in [0.15, 0.2) is 0 Å². The van der Waals surface area contributed by atoms with Gasteiger partial charge in [0.1, 0.15) is 17.4 Å². The average molecular weight is 644 g/mol. The molecule has 250 valence electrons. The van der Waals surface area contributed by atoms with Crippen LogP contribution >= 0.6 is 0 Å². The van der Waals surface area contributed by atoms with Crippen molar-refractivity contribution in [2.75, 3.05) is 0 Å². The summed E-state index contributed by atoms with van der Waals surface area (Å²) < 4.78 is 25.4. The molecular weight excluding hydrogens is 589 g/mol. The summed E-state index contributed by atoms with van der Waals surface area (Å²) in [7, 11) is -3.03. The van der Waals surface area contributed by atoms with Crippen LogP contribution in [-0.4, -0.2) is 61.2 Å². The van der Waals surface area contributed by atoms with Crippen LogP contribution in [0.3, 0.4) is 0 Å². The van der Waals surface area contributed by atoms with Gasteiger partial charge in [-0.15, -0.1) is 0 Å².